The summed E-state index contributed by atoms with van der Waals surface area (Å²) in [6.07, 6.45) is 0. The first kappa shape index (κ1) is 4.76. The molecule has 24 valence electrons. The second-order valence-corrected chi connectivity index (χ2v) is 3.57. The SMILES string of the molecule is C[C]#[W][Cl]. The number of hydrogen-bond donors (Lipinski definition) is 0. The van der Waals surface area contributed by atoms with Crippen LogP contribution in [0.1, 0.15) is 6.92 Å². The van der Waals surface area contributed by atoms with E-state index in [1.165, 1.54) is 0 Å². The Labute approximate surface area is 37.7 Å². The van der Waals surface area contributed by atoms with Crippen LogP contribution in [0.15, 0.2) is 0 Å². The molecule has 0 aromatic carbocycles. The normalized spacial score (nSPS) is 4.50. The average molecular weight is 246 g/mol. The molecule has 0 aliphatic carbocycles. The van der Waals surface area contributed by atoms with Gasteiger partial charge in [0.05, 0.1) is 0 Å². The monoisotopic (exact) mass is 246 g/mol. The van der Waals surface area contributed by atoms with E-state index in [1.807, 2.05) is 6.92 Å². The topological polar surface area (TPSA) is 0 Å². The Balaban J connectivity index is 2.83. The van der Waals surface area contributed by atoms with Crippen LogP contribution in [0.3, 0.4) is 0 Å². The minimum absolute atomic E-state index is 0.532. The third-order valence-electron chi connectivity index (χ3n) is 0.0772. The van der Waals surface area contributed by atoms with Gasteiger partial charge >= 0.3 is 37.4 Å². The van der Waals surface area contributed by atoms with Crippen LogP contribution in [0.5, 0.6) is 0 Å². The predicted molar refractivity (Wildman–Crippen MR) is 15.4 cm³/mol. The molecule has 0 amide bonds. The zero-order valence-corrected chi connectivity index (χ0v) is 5.98. The van der Waals surface area contributed by atoms with Crippen LogP contribution in [0.4, 0.5) is 0 Å². The van der Waals surface area contributed by atoms with Gasteiger partial charge in [-0.2, -0.15) is 0 Å². The third-order valence-corrected chi connectivity index (χ3v) is 1.89. The van der Waals surface area contributed by atoms with Crippen molar-refractivity contribution in [1.29, 1.82) is 0 Å². The minimum atomic E-state index is -0.532. The molecule has 0 radical (unpaired) electrons. The van der Waals surface area contributed by atoms with Gasteiger partial charge in [-0.15, -0.1) is 0 Å². The van der Waals surface area contributed by atoms with Gasteiger partial charge < -0.3 is 0 Å². The van der Waals surface area contributed by atoms with Crippen molar-refractivity contribution in [3.8, 4) is 4.20 Å². The van der Waals surface area contributed by atoms with Crippen molar-refractivity contribution < 1.29 is 16.9 Å². The van der Waals surface area contributed by atoms with Gasteiger partial charge in [0.15, 0.2) is 0 Å². The molecule has 0 rings (SSSR count). The van der Waals surface area contributed by atoms with E-state index in [9.17, 15) is 0 Å². The molecule has 0 spiro atoms. The van der Waals surface area contributed by atoms with Crippen LogP contribution in [0.2, 0.25) is 0 Å². The van der Waals surface area contributed by atoms with Crippen LogP contribution in [-0.2, 0) is 16.9 Å². The van der Waals surface area contributed by atoms with E-state index >= 15 is 0 Å². The molecule has 0 fully saturated rings. The van der Waals surface area contributed by atoms with Gasteiger partial charge in [-0.3, -0.25) is 0 Å². The standard InChI is InChI=1S/C2H3.ClH.W/c1-2;;/h1H3;1H;/q;;+1/p-1. The van der Waals surface area contributed by atoms with Gasteiger partial charge in [-0.25, -0.2) is 0 Å². The molecule has 0 heterocycles. The summed E-state index contributed by atoms with van der Waals surface area (Å²) in [6.45, 7) is 1.87. The summed E-state index contributed by atoms with van der Waals surface area (Å²) in [5, 5.41) is 0. The van der Waals surface area contributed by atoms with Crippen LogP contribution in [-0.4, -0.2) is 0 Å². The summed E-state index contributed by atoms with van der Waals surface area (Å²) in [7, 11) is 5.24. The van der Waals surface area contributed by atoms with E-state index in [-0.39, 0.29) is 0 Å². The van der Waals surface area contributed by atoms with Gasteiger partial charge in [0.2, 0.25) is 0 Å². The van der Waals surface area contributed by atoms with Crippen molar-refractivity contribution in [2.45, 2.75) is 6.92 Å². The van der Waals surface area contributed by atoms with Crippen molar-refractivity contribution in [3.05, 3.63) is 0 Å². The number of halogens is 1. The first-order chi connectivity index (χ1) is 1.91. The fourth-order valence-corrected chi connectivity index (χ4v) is 0. The summed E-state index contributed by atoms with van der Waals surface area (Å²) in [6, 6.07) is 0. The summed E-state index contributed by atoms with van der Waals surface area (Å²) in [5.41, 5.74) is 0. The maximum absolute atomic E-state index is 5.24. The number of hydrogen-bond acceptors (Lipinski definition) is 0. The fourth-order valence-electron chi connectivity index (χ4n) is 0. The fraction of sp³-hybridized carbons (Fsp3) is 0.500. The van der Waals surface area contributed by atoms with Crippen molar-refractivity contribution in [3.63, 3.8) is 0 Å². The van der Waals surface area contributed by atoms with E-state index < -0.39 is 16.9 Å². The average Bonchev–Trinajstić information content (AvgIpc) is 1.37. The predicted octanol–water partition coefficient (Wildman–Crippen LogP) is 1.20. The van der Waals surface area contributed by atoms with Crippen LogP contribution in [0, 0.1) is 4.20 Å². The van der Waals surface area contributed by atoms with Crippen LogP contribution < -0.4 is 0 Å². The summed E-state index contributed by atoms with van der Waals surface area (Å²) in [4.78, 5) is 0. The van der Waals surface area contributed by atoms with E-state index in [0.29, 0.717) is 0 Å². The molecule has 0 nitrogen and oxygen atoms in total. The summed E-state index contributed by atoms with van der Waals surface area (Å²) in [5.74, 6) is 0. The third kappa shape index (κ3) is 2.76. The molecule has 0 N–H and O–H groups in total. The molecule has 0 bridgehead atoms. The molecule has 0 aromatic rings. The Morgan fingerprint density at radius 3 is 2.25 bits per heavy atom. The molecular weight excluding hydrogens is 243 g/mol. The van der Waals surface area contributed by atoms with Crippen molar-refractivity contribution >= 4 is 9.42 Å². The van der Waals surface area contributed by atoms with Gasteiger partial charge in [0, 0.05) is 0 Å². The van der Waals surface area contributed by atoms with Crippen molar-refractivity contribution in [2.24, 2.45) is 0 Å². The second kappa shape index (κ2) is 3.76. The number of rotatable bonds is 0. The Kier molecular flexibility index (Phi) is 4.47. The molecule has 0 aromatic heterocycles. The molecule has 0 saturated heterocycles. The molecule has 0 atom stereocenters. The maximum atomic E-state index is 5.24. The van der Waals surface area contributed by atoms with E-state index in [2.05, 4.69) is 4.20 Å². The summed E-state index contributed by atoms with van der Waals surface area (Å²) >= 11 is -0.532. The van der Waals surface area contributed by atoms with Crippen molar-refractivity contribution in [1.82, 2.24) is 0 Å². The molecule has 0 aliphatic heterocycles. The Hall–Kier alpha value is 0.758. The quantitative estimate of drug-likeness (QED) is 0.602. The van der Waals surface area contributed by atoms with E-state index in [1.54, 1.807) is 0 Å². The molecule has 0 unspecified atom stereocenters. The van der Waals surface area contributed by atoms with Crippen molar-refractivity contribution in [2.75, 3.05) is 0 Å². The Morgan fingerprint density at radius 2 is 2.25 bits per heavy atom. The van der Waals surface area contributed by atoms with E-state index in [4.69, 9.17) is 9.42 Å². The Morgan fingerprint density at radius 1 is 2.00 bits per heavy atom. The molecule has 2 heteroatoms. The molecule has 4 heavy (non-hydrogen) atoms. The zero-order valence-electron chi connectivity index (χ0n) is 2.29. The second-order valence-electron chi connectivity index (χ2n) is 0.281. The van der Waals surface area contributed by atoms with Gasteiger partial charge in [0.25, 0.3) is 0 Å². The van der Waals surface area contributed by atoms with Crippen LogP contribution in [0.25, 0.3) is 0 Å². The zero-order chi connectivity index (χ0) is 3.41. The first-order valence-electron chi connectivity index (χ1n) is 0.858. The molecule has 0 aliphatic rings. The van der Waals surface area contributed by atoms with Gasteiger partial charge in [-0.05, 0) is 0 Å². The summed E-state index contributed by atoms with van der Waals surface area (Å²) < 4.78 is 2.86. The molecular formula is C2H3ClW. The Bertz CT molecular complexity index is 42.8. The molecule has 0 saturated carbocycles. The van der Waals surface area contributed by atoms with E-state index in [0.717, 1.165) is 0 Å². The van der Waals surface area contributed by atoms with Crippen LogP contribution >= 0.6 is 9.42 Å². The first-order valence-corrected chi connectivity index (χ1v) is 5.96. The van der Waals surface area contributed by atoms with Gasteiger partial charge in [0.1, 0.15) is 0 Å². The van der Waals surface area contributed by atoms with Gasteiger partial charge in [-0.1, -0.05) is 0 Å².